The molecule has 0 saturated carbocycles. The first kappa shape index (κ1) is 15.6. The van der Waals surface area contributed by atoms with Crippen LogP contribution < -0.4 is 14.8 Å². The number of hydrogen-bond acceptors (Lipinski definition) is 3. The molecular formula is C16H25NO2. The topological polar surface area (TPSA) is 30.5 Å². The maximum Gasteiger partial charge on any atom is 0.161 e. The Morgan fingerprint density at radius 3 is 2.84 bits per heavy atom. The van der Waals surface area contributed by atoms with E-state index in [1.807, 2.05) is 18.2 Å². The van der Waals surface area contributed by atoms with Gasteiger partial charge in [0, 0.05) is 6.54 Å². The van der Waals surface area contributed by atoms with Crippen molar-refractivity contribution in [1.29, 1.82) is 0 Å². The van der Waals surface area contributed by atoms with Crippen molar-refractivity contribution < 1.29 is 9.47 Å². The minimum absolute atomic E-state index is 0.690. The van der Waals surface area contributed by atoms with E-state index in [1.165, 1.54) is 5.56 Å². The van der Waals surface area contributed by atoms with Crippen molar-refractivity contribution >= 4 is 0 Å². The Morgan fingerprint density at radius 1 is 1.32 bits per heavy atom. The molecule has 0 saturated heterocycles. The summed E-state index contributed by atoms with van der Waals surface area (Å²) in [6.07, 6.45) is 5.00. The highest BCUT2D eigenvalue weighted by molar-refractivity contribution is 5.42. The molecule has 106 valence electrons. The quantitative estimate of drug-likeness (QED) is 0.517. The average Bonchev–Trinajstić information content (AvgIpc) is 2.44. The van der Waals surface area contributed by atoms with Crippen LogP contribution in [0, 0.1) is 0 Å². The highest BCUT2D eigenvalue weighted by Gasteiger charge is 2.05. The summed E-state index contributed by atoms with van der Waals surface area (Å²) in [7, 11) is 1.68. The molecule has 0 fully saturated rings. The van der Waals surface area contributed by atoms with E-state index in [9.17, 15) is 0 Å². The SMILES string of the molecule is C=CCCCOc1ccc(CNCCC)cc1OC. The molecule has 0 unspecified atom stereocenters. The molecule has 0 amide bonds. The minimum Gasteiger partial charge on any atom is -0.493 e. The van der Waals surface area contributed by atoms with E-state index in [-0.39, 0.29) is 0 Å². The molecule has 0 atom stereocenters. The molecule has 0 aliphatic rings. The summed E-state index contributed by atoms with van der Waals surface area (Å²) in [5, 5.41) is 3.37. The zero-order chi connectivity index (χ0) is 13.9. The molecule has 0 radical (unpaired) electrons. The van der Waals surface area contributed by atoms with Crippen LogP contribution in [-0.2, 0) is 6.54 Å². The van der Waals surface area contributed by atoms with Gasteiger partial charge < -0.3 is 14.8 Å². The van der Waals surface area contributed by atoms with Gasteiger partial charge in [0.15, 0.2) is 11.5 Å². The molecule has 3 heteroatoms. The van der Waals surface area contributed by atoms with Crippen molar-refractivity contribution in [1.82, 2.24) is 5.32 Å². The molecule has 3 nitrogen and oxygen atoms in total. The van der Waals surface area contributed by atoms with Crippen LogP contribution in [0.15, 0.2) is 30.9 Å². The van der Waals surface area contributed by atoms with Crippen molar-refractivity contribution in [3.05, 3.63) is 36.4 Å². The second-order valence-corrected chi connectivity index (χ2v) is 4.44. The zero-order valence-corrected chi connectivity index (χ0v) is 12.1. The Bertz CT molecular complexity index is 377. The minimum atomic E-state index is 0.690. The fraction of sp³-hybridized carbons (Fsp3) is 0.500. The Morgan fingerprint density at radius 2 is 2.16 bits per heavy atom. The summed E-state index contributed by atoms with van der Waals surface area (Å²) < 4.78 is 11.1. The van der Waals surface area contributed by atoms with E-state index < -0.39 is 0 Å². The van der Waals surface area contributed by atoms with Gasteiger partial charge in [-0.15, -0.1) is 6.58 Å². The summed E-state index contributed by atoms with van der Waals surface area (Å²) in [4.78, 5) is 0. The molecule has 0 aliphatic heterocycles. The number of methoxy groups -OCH3 is 1. The van der Waals surface area contributed by atoms with Gasteiger partial charge in [-0.1, -0.05) is 19.1 Å². The number of allylic oxidation sites excluding steroid dienone is 1. The Balaban J connectivity index is 2.54. The largest absolute Gasteiger partial charge is 0.493 e. The Kier molecular flexibility index (Phi) is 7.75. The number of nitrogens with one attached hydrogen (secondary N) is 1. The summed E-state index contributed by atoms with van der Waals surface area (Å²) in [6, 6.07) is 6.09. The first-order valence-corrected chi connectivity index (χ1v) is 6.93. The van der Waals surface area contributed by atoms with Gasteiger partial charge in [-0.05, 0) is 43.5 Å². The van der Waals surface area contributed by atoms with Gasteiger partial charge in [-0.3, -0.25) is 0 Å². The Hall–Kier alpha value is -1.48. The van der Waals surface area contributed by atoms with Crippen molar-refractivity contribution in [3.63, 3.8) is 0 Å². The lowest BCUT2D eigenvalue weighted by molar-refractivity contribution is 0.290. The molecule has 0 heterocycles. The summed E-state index contributed by atoms with van der Waals surface area (Å²) in [5.74, 6) is 1.61. The highest BCUT2D eigenvalue weighted by Crippen LogP contribution is 2.28. The van der Waals surface area contributed by atoms with Crippen molar-refractivity contribution in [2.24, 2.45) is 0 Å². The van der Waals surface area contributed by atoms with E-state index >= 15 is 0 Å². The third-order valence-electron chi connectivity index (χ3n) is 2.79. The Labute approximate surface area is 116 Å². The third-order valence-corrected chi connectivity index (χ3v) is 2.79. The molecular weight excluding hydrogens is 238 g/mol. The average molecular weight is 263 g/mol. The van der Waals surface area contributed by atoms with Crippen LogP contribution in [0.5, 0.6) is 11.5 Å². The summed E-state index contributed by atoms with van der Waals surface area (Å²) in [5.41, 5.74) is 1.21. The molecule has 1 N–H and O–H groups in total. The van der Waals surface area contributed by atoms with E-state index in [4.69, 9.17) is 9.47 Å². The first-order valence-electron chi connectivity index (χ1n) is 6.93. The van der Waals surface area contributed by atoms with Gasteiger partial charge in [-0.2, -0.15) is 0 Å². The predicted molar refractivity (Wildman–Crippen MR) is 79.9 cm³/mol. The number of benzene rings is 1. The van der Waals surface area contributed by atoms with E-state index in [0.29, 0.717) is 6.61 Å². The molecule has 0 aliphatic carbocycles. The fourth-order valence-electron chi connectivity index (χ4n) is 1.76. The second kappa shape index (κ2) is 9.45. The summed E-state index contributed by atoms with van der Waals surface area (Å²) >= 11 is 0. The lowest BCUT2D eigenvalue weighted by atomic mass is 10.2. The first-order chi connectivity index (χ1) is 9.31. The van der Waals surface area contributed by atoms with Crippen molar-refractivity contribution in [2.45, 2.75) is 32.7 Å². The van der Waals surface area contributed by atoms with Crippen LogP contribution in [0.4, 0.5) is 0 Å². The third kappa shape index (κ3) is 5.79. The molecule has 19 heavy (non-hydrogen) atoms. The van der Waals surface area contributed by atoms with Gasteiger partial charge in [-0.25, -0.2) is 0 Å². The predicted octanol–water partition coefficient (Wildman–Crippen LogP) is 3.54. The lowest BCUT2D eigenvalue weighted by Gasteiger charge is -2.12. The van der Waals surface area contributed by atoms with Crippen LogP contribution in [0.2, 0.25) is 0 Å². The molecule has 0 bridgehead atoms. The monoisotopic (exact) mass is 263 g/mol. The molecule has 0 aromatic heterocycles. The van der Waals surface area contributed by atoms with Crippen LogP contribution >= 0.6 is 0 Å². The fourth-order valence-corrected chi connectivity index (χ4v) is 1.76. The molecule has 1 aromatic carbocycles. The van der Waals surface area contributed by atoms with Gasteiger partial charge in [0.1, 0.15) is 0 Å². The number of rotatable bonds is 10. The maximum atomic E-state index is 5.72. The van der Waals surface area contributed by atoms with Crippen LogP contribution in [-0.4, -0.2) is 20.3 Å². The van der Waals surface area contributed by atoms with Gasteiger partial charge in [0.2, 0.25) is 0 Å². The van der Waals surface area contributed by atoms with Gasteiger partial charge in [0.05, 0.1) is 13.7 Å². The smallest absolute Gasteiger partial charge is 0.161 e. The lowest BCUT2D eigenvalue weighted by Crippen LogP contribution is -2.13. The van der Waals surface area contributed by atoms with Gasteiger partial charge in [0.25, 0.3) is 0 Å². The zero-order valence-electron chi connectivity index (χ0n) is 12.1. The molecule has 0 spiro atoms. The van der Waals surface area contributed by atoms with E-state index in [1.54, 1.807) is 7.11 Å². The van der Waals surface area contributed by atoms with E-state index in [0.717, 1.165) is 43.9 Å². The number of hydrogen-bond donors (Lipinski definition) is 1. The van der Waals surface area contributed by atoms with Crippen molar-refractivity contribution in [2.75, 3.05) is 20.3 Å². The van der Waals surface area contributed by atoms with Crippen LogP contribution in [0.1, 0.15) is 31.7 Å². The maximum absolute atomic E-state index is 5.72. The van der Waals surface area contributed by atoms with Crippen LogP contribution in [0.3, 0.4) is 0 Å². The normalized spacial score (nSPS) is 10.2. The number of ether oxygens (including phenoxy) is 2. The van der Waals surface area contributed by atoms with E-state index in [2.05, 4.69) is 24.9 Å². The summed E-state index contributed by atoms with van der Waals surface area (Å²) in [6.45, 7) is 8.44. The number of unbranched alkanes of at least 4 members (excludes halogenated alkanes) is 1. The highest BCUT2D eigenvalue weighted by atomic mass is 16.5. The van der Waals surface area contributed by atoms with Gasteiger partial charge >= 0.3 is 0 Å². The standard InChI is InChI=1S/C16H25NO2/c1-4-6-7-11-19-15-9-8-14(12-16(15)18-3)13-17-10-5-2/h4,8-9,12,17H,1,5-7,10-11,13H2,2-3H3. The second-order valence-electron chi connectivity index (χ2n) is 4.44. The molecule has 1 rings (SSSR count). The molecule has 1 aromatic rings. The van der Waals surface area contributed by atoms with Crippen LogP contribution in [0.25, 0.3) is 0 Å². The van der Waals surface area contributed by atoms with Crippen molar-refractivity contribution in [3.8, 4) is 11.5 Å².